The Labute approximate surface area is 107 Å². The maximum Gasteiger partial charge on any atom is 0.224 e. The zero-order valence-electron chi connectivity index (χ0n) is 10.2. The molecular weight excluding hydrogens is 258 g/mol. The Bertz CT molecular complexity index is 405. The van der Waals surface area contributed by atoms with Crippen molar-refractivity contribution in [2.24, 2.45) is 5.14 Å². The number of hydrogen-bond donors (Lipinski definition) is 1. The summed E-state index contributed by atoms with van der Waals surface area (Å²) >= 11 is 0. The average Bonchev–Trinajstić information content (AvgIpc) is 2.69. The molecule has 0 saturated carbocycles. The second kappa shape index (κ2) is 5.52. The highest BCUT2D eigenvalue weighted by Gasteiger charge is 2.36. The van der Waals surface area contributed by atoms with Gasteiger partial charge in [0.1, 0.15) is 5.25 Å². The van der Waals surface area contributed by atoms with Crippen LogP contribution in [0.3, 0.4) is 0 Å². The molecule has 2 aliphatic rings. The van der Waals surface area contributed by atoms with Crippen molar-refractivity contribution < 1.29 is 17.9 Å². The fourth-order valence-corrected chi connectivity index (χ4v) is 3.02. The standard InChI is InChI=1S/C10H19N3O4S/c11-18(15,16)9-7-10(14)13(8-9)2-1-12-3-5-17-6-4-12/h9H,1-8H2,(H2,11,15,16). The van der Waals surface area contributed by atoms with Crippen molar-refractivity contribution in [1.82, 2.24) is 9.80 Å². The number of primary sulfonamides is 1. The topological polar surface area (TPSA) is 92.9 Å². The molecule has 0 spiro atoms. The van der Waals surface area contributed by atoms with Gasteiger partial charge in [0.25, 0.3) is 0 Å². The van der Waals surface area contributed by atoms with Crippen LogP contribution in [0.15, 0.2) is 0 Å². The number of sulfonamides is 1. The van der Waals surface area contributed by atoms with Gasteiger partial charge in [-0.2, -0.15) is 0 Å². The fraction of sp³-hybridized carbons (Fsp3) is 0.900. The van der Waals surface area contributed by atoms with Gasteiger partial charge in [-0.25, -0.2) is 13.6 Å². The fourth-order valence-electron chi connectivity index (χ4n) is 2.26. The van der Waals surface area contributed by atoms with E-state index in [-0.39, 0.29) is 18.9 Å². The van der Waals surface area contributed by atoms with Crippen molar-refractivity contribution in [2.75, 3.05) is 45.9 Å². The van der Waals surface area contributed by atoms with Crippen LogP contribution < -0.4 is 5.14 Å². The monoisotopic (exact) mass is 277 g/mol. The van der Waals surface area contributed by atoms with Crippen molar-refractivity contribution >= 4 is 15.9 Å². The van der Waals surface area contributed by atoms with Gasteiger partial charge in [-0.3, -0.25) is 9.69 Å². The molecule has 0 aliphatic carbocycles. The van der Waals surface area contributed by atoms with Crippen molar-refractivity contribution in [1.29, 1.82) is 0 Å². The molecule has 2 rings (SSSR count). The smallest absolute Gasteiger partial charge is 0.224 e. The Morgan fingerprint density at radius 2 is 1.94 bits per heavy atom. The van der Waals surface area contributed by atoms with Crippen LogP contribution in [0.2, 0.25) is 0 Å². The predicted octanol–water partition coefficient (Wildman–Crippen LogP) is -1.79. The lowest BCUT2D eigenvalue weighted by Crippen LogP contribution is -2.42. The van der Waals surface area contributed by atoms with Crippen LogP contribution >= 0.6 is 0 Å². The average molecular weight is 277 g/mol. The second-order valence-electron chi connectivity index (χ2n) is 4.71. The lowest BCUT2D eigenvalue weighted by molar-refractivity contribution is -0.127. The molecule has 0 radical (unpaired) electrons. The van der Waals surface area contributed by atoms with Crippen LogP contribution in [0.5, 0.6) is 0 Å². The van der Waals surface area contributed by atoms with E-state index in [1.165, 1.54) is 0 Å². The van der Waals surface area contributed by atoms with E-state index < -0.39 is 15.3 Å². The Morgan fingerprint density at radius 1 is 1.28 bits per heavy atom. The van der Waals surface area contributed by atoms with Crippen molar-refractivity contribution in [3.8, 4) is 0 Å². The summed E-state index contributed by atoms with van der Waals surface area (Å²) in [6.07, 6.45) is 0.0158. The lowest BCUT2D eigenvalue weighted by atomic mass is 10.4. The molecule has 2 N–H and O–H groups in total. The predicted molar refractivity (Wildman–Crippen MR) is 65.4 cm³/mol. The number of carbonyl (C=O) groups excluding carboxylic acids is 1. The third-order valence-electron chi connectivity index (χ3n) is 3.43. The molecule has 2 saturated heterocycles. The minimum absolute atomic E-state index is 0.0158. The summed E-state index contributed by atoms with van der Waals surface area (Å²) in [6.45, 7) is 4.70. The molecule has 1 atom stereocenters. The van der Waals surface area contributed by atoms with E-state index in [1.54, 1.807) is 4.90 Å². The van der Waals surface area contributed by atoms with Crippen LogP contribution in [0.25, 0.3) is 0 Å². The second-order valence-corrected chi connectivity index (χ2v) is 6.55. The first-order valence-corrected chi connectivity index (χ1v) is 7.67. The van der Waals surface area contributed by atoms with E-state index in [1.807, 2.05) is 0 Å². The molecule has 8 heteroatoms. The van der Waals surface area contributed by atoms with Crippen molar-refractivity contribution in [3.05, 3.63) is 0 Å². The molecule has 0 aromatic carbocycles. The third-order valence-corrected chi connectivity index (χ3v) is 4.68. The van der Waals surface area contributed by atoms with Crippen LogP contribution in [0.4, 0.5) is 0 Å². The number of morpholine rings is 1. The lowest BCUT2D eigenvalue weighted by Gasteiger charge is -2.28. The Morgan fingerprint density at radius 3 is 2.50 bits per heavy atom. The first kappa shape index (κ1) is 13.7. The first-order valence-electron chi connectivity index (χ1n) is 6.06. The number of amides is 1. The molecule has 7 nitrogen and oxygen atoms in total. The van der Waals surface area contributed by atoms with Gasteiger partial charge in [-0.05, 0) is 0 Å². The van der Waals surface area contributed by atoms with E-state index in [2.05, 4.69) is 4.90 Å². The zero-order valence-corrected chi connectivity index (χ0v) is 11.1. The van der Waals surface area contributed by atoms with E-state index in [0.717, 1.165) is 19.6 Å². The van der Waals surface area contributed by atoms with Gasteiger partial charge in [0, 0.05) is 39.1 Å². The van der Waals surface area contributed by atoms with Gasteiger partial charge in [-0.15, -0.1) is 0 Å². The zero-order chi connectivity index (χ0) is 13.2. The highest BCUT2D eigenvalue weighted by molar-refractivity contribution is 7.89. The number of nitrogens with two attached hydrogens (primary N) is 1. The summed E-state index contributed by atoms with van der Waals surface area (Å²) < 4.78 is 27.6. The van der Waals surface area contributed by atoms with Crippen LogP contribution in [0, 0.1) is 0 Å². The number of ether oxygens (including phenoxy) is 1. The first-order chi connectivity index (χ1) is 8.47. The number of carbonyl (C=O) groups is 1. The maximum absolute atomic E-state index is 11.7. The molecule has 1 amide bonds. The normalized spacial score (nSPS) is 26.8. The SMILES string of the molecule is NS(=O)(=O)C1CC(=O)N(CCN2CCOCC2)C1. The van der Waals surface area contributed by atoms with E-state index in [0.29, 0.717) is 19.8 Å². The molecule has 2 aliphatic heterocycles. The van der Waals surface area contributed by atoms with Crippen molar-refractivity contribution in [3.63, 3.8) is 0 Å². The van der Waals surface area contributed by atoms with Gasteiger partial charge >= 0.3 is 0 Å². The summed E-state index contributed by atoms with van der Waals surface area (Å²) in [7, 11) is -3.61. The molecule has 18 heavy (non-hydrogen) atoms. The number of hydrogen-bond acceptors (Lipinski definition) is 5. The third kappa shape index (κ3) is 3.41. The largest absolute Gasteiger partial charge is 0.379 e. The number of rotatable bonds is 4. The number of likely N-dealkylation sites (tertiary alicyclic amines) is 1. The molecular formula is C10H19N3O4S. The maximum atomic E-state index is 11.7. The van der Waals surface area contributed by atoms with Crippen molar-refractivity contribution in [2.45, 2.75) is 11.7 Å². The molecule has 0 bridgehead atoms. The molecule has 0 aromatic rings. The summed E-state index contributed by atoms with van der Waals surface area (Å²) in [5, 5.41) is 4.33. The Balaban J connectivity index is 1.81. The van der Waals surface area contributed by atoms with Gasteiger partial charge in [0.15, 0.2) is 0 Å². The minimum atomic E-state index is -3.61. The van der Waals surface area contributed by atoms with Crippen LogP contribution in [-0.4, -0.2) is 75.3 Å². The van der Waals surface area contributed by atoms with Gasteiger partial charge in [-0.1, -0.05) is 0 Å². The molecule has 104 valence electrons. The Hall–Kier alpha value is -0.700. The van der Waals surface area contributed by atoms with E-state index in [9.17, 15) is 13.2 Å². The van der Waals surface area contributed by atoms with E-state index >= 15 is 0 Å². The van der Waals surface area contributed by atoms with Gasteiger partial charge in [0.05, 0.1) is 13.2 Å². The summed E-state index contributed by atoms with van der Waals surface area (Å²) in [5.41, 5.74) is 0. The summed E-state index contributed by atoms with van der Waals surface area (Å²) in [4.78, 5) is 15.5. The van der Waals surface area contributed by atoms with E-state index in [4.69, 9.17) is 9.88 Å². The molecule has 0 aromatic heterocycles. The molecule has 2 heterocycles. The number of nitrogens with zero attached hydrogens (tertiary/aromatic N) is 2. The Kier molecular flexibility index (Phi) is 4.21. The van der Waals surface area contributed by atoms with Gasteiger partial charge in [0.2, 0.25) is 15.9 Å². The highest BCUT2D eigenvalue weighted by atomic mass is 32.2. The van der Waals surface area contributed by atoms with Gasteiger partial charge < -0.3 is 9.64 Å². The molecule has 2 fully saturated rings. The minimum Gasteiger partial charge on any atom is -0.379 e. The quantitative estimate of drug-likeness (QED) is 0.655. The summed E-state index contributed by atoms with van der Waals surface area (Å²) in [5.74, 6) is -0.123. The highest BCUT2D eigenvalue weighted by Crippen LogP contribution is 2.16. The van der Waals surface area contributed by atoms with Crippen LogP contribution in [-0.2, 0) is 19.6 Å². The summed E-state index contributed by atoms with van der Waals surface area (Å²) in [6, 6.07) is 0. The van der Waals surface area contributed by atoms with Crippen LogP contribution in [0.1, 0.15) is 6.42 Å². The molecule has 1 unspecified atom stereocenters.